The molecule has 7 heteroatoms. The predicted molar refractivity (Wildman–Crippen MR) is 108 cm³/mol. The van der Waals surface area contributed by atoms with Crippen molar-refractivity contribution < 1.29 is 13.2 Å². The van der Waals surface area contributed by atoms with Crippen molar-refractivity contribution in [1.82, 2.24) is 4.31 Å². The molecule has 1 aliphatic rings. The van der Waals surface area contributed by atoms with Crippen LogP contribution in [0.1, 0.15) is 42.1 Å². The average molecular weight is 407 g/mol. The molecule has 0 aliphatic carbocycles. The fourth-order valence-electron chi connectivity index (χ4n) is 3.23. The Labute approximate surface area is 165 Å². The van der Waals surface area contributed by atoms with Crippen molar-refractivity contribution in [2.24, 2.45) is 0 Å². The maximum Gasteiger partial charge on any atom is 0.255 e. The van der Waals surface area contributed by atoms with Gasteiger partial charge in [0.15, 0.2) is 0 Å². The van der Waals surface area contributed by atoms with Crippen molar-refractivity contribution in [3.05, 3.63) is 58.6 Å². The molecular formula is C20H23ClN2O3S. The maximum absolute atomic E-state index is 13.0. The fourth-order valence-corrected chi connectivity index (χ4v) is 5.25. The van der Waals surface area contributed by atoms with Crippen LogP contribution in [0.5, 0.6) is 0 Å². The number of benzene rings is 2. The van der Waals surface area contributed by atoms with Gasteiger partial charge < -0.3 is 5.32 Å². The molecule has 144 valence electrons. The van der Waals surface area contributed by atoms with E-state index in [1.165, 1.54) is 16.4 Å². The smallest absolute Gasteiger partial charge is 0.255 e. The molecule has 1 amide bonds. The first-order chi connectivity index (χ1) is 12.9. The highest BCUT2D eigenvalue weighted by Gasteiger charge is 2.28. The van der Waals surface area contributed by atoms with Crippen molar-refractivity contribution in [2.45, 2.75) is 37.5 Å². The minimum Gasteiger partial charge on any atom is -0.322 e. The summed E-state index contributed by atoms with van der Waals surface area (Å²) < 4.78 is 27.4. The number of rotatable bonds is 5. The van der Waals surface area contributed by atoms with Gasteiger partial charge in [-0.2, -0.15) is 4.31 Å². The van der Waals surface area contributed by atoms with Crippen LogP contribution in [0.15, 0.2) is 47.4 Å². The first-order valence-corrected chi connectivity index (χ1v) is 10.9. The largest absolute Gasteiger partial charge is 0.322 e. The molecule has 0 radical (unpaired) electrons. The number of para-hydroxylation sites is 1. The quantitative estimate of drug-likeness (QED) is 0.803. The first kappa shape index (κ1) is 19.9. The molecule has 1 saturated heterocycles. The van der Waals surface area contributed by atoms with Gasteiger partial charge in [-0.05, 0) is 49.1 Å². The molecule has 1 N–H and O–H groups in total. The molecule has 0 atom stereocenters. The van der Waals surface area contributed by atoms with E-state index in [0.717, 1.165) is 36.9 Å². The van der Waals surface area contributed by atoms with E-state index in [2.05, 4.69) is 5.32 Å². The van der Waals surface area contributed by atoms with E-state index in [-0.39, 0.29) is 21.4 Å². The summed E-state index contributed by atoms with van der Waals surface area (Å²) in [5.41, 5.74) is 2.00. The molecule has 5 nitrogen and oxygen atoms in total. The second-order valence-corrected chi connectivity index (χ2v) is 8.89. The number of hydrogen-bond donors (Lipinski definition) is 1. The van der Waals surface area contributed by atoms with Gasteiger partial charge in [-0.25, -0.2) is 8.42 Å². The summed E-state index contributed by atoms with van der Waals surface area (Å²) in [6, 6.07) is 11.9. The van der Waals surface area contributed by atoms with E-state index in [1.807, 2.05) is 31.2 Å². The van der Waals surface area contributed by atoms with Gasteiger partial charge in [-0.1, -0.05) is 43.1 Å². The van der Waals surface area contributed by atoms with Crippen molar-refractivity contribution >= 4 is 33.2 Å². The summed E-state index contributed by atoms with van der Waals surface area (Å²) in [5, 5.41) is 3.00. The van der Waals surface area contributed by atoms with Crippen LogP contribution in [0.4, 0.5) is 5.69 Å². The molecule has 0 bridgehead atoms. The topological polar surface area (TPSA) is 66.5 Å². The van der Waals surface area contributed by atoms with E-state index in [1.54, 1.807) is 6.07 Å². The zero-order chi connectivity index (χ0) is 19.4. The summed E-state index contributed by atoms with van der Waals surface area (Å²) >= 11 is 6.17. The number of aryl methyl sites for hydroxylation is 1. The normalized spacial score (nSPS) is 15.5. The summed E-state index contributed by atoms with van der Waals surface area (Å²) in [5.74, 6) is -0.359. The van der Waals surface area contributed by atoms with E-state index in [0.29, 0.717) is 13.1 Å². The Morgan fingerprint density at radius 3 is 2.52 bits per heavy atom. The van der Waals surface area contributed by atoms with Gasteiger partial charge in [0, 0.05) is 24.3 Å². The van der Waals surface area contributed by atoms with Crippen LogP contribution < -0.4 is 5.32 Å². The van der Waals surface area contributed by atoms with Gasteiger partial charge in [-0.15, -0.1) is 0 Å². The Morgan fingerprint density at radius 2 is 1.81 bits per heavy atom. The molecule has 0 spiro atoms. The van der Waals surface area contributed by atoms with Crippen molar-refractivity contribution in [1.29, 1.82) is 0 Å². The van der Waals surface area contributed by atoms with Gasteiger partial charge in [-0.3, -0.25) is 4.79 Å². The number of anilines is 1. The molecule has 3 rings (SSSR count). The van der Waals surface area contributed by atoms with Gasteiger partial charge >= 0.3 is 0 Å². The lowest BCUT2D eigenvalue weighted by atomic mass is 10.1. The minimum atomic E-state index is -3.71. The van der Waals surface area contributed by atoms with Crippen LogP contribution in [-0.4, -0.2) is 31.7 Å². The van der Waals surface area contributed by atoms with E-state index in [9.17, 15) is 13.2 Å². The zero-order valence-electron chi connectivity index (χ0n) is 15.2. The SMILES string of the molecule is CCc1ccccc1NC(=O)c1ccc(Cl)c(S(=O)(=O)N2CCCCC2)c1. The Bertz CT molecular complexity index is 938. The monoisotopic (exact) mass is 406 g/mol. The Kier molecular flexibility index (Phi) is 6.19. The zero-order valence-corrected chi connectivity index (χ0v) is 16.8. The average Bonchev–Trinajstić information content (AvgIpc) is 2.69. The third-order valence-electron chi connectivity index (χ3n) is 4.77. The van der Waals surface area contributed by atoms with Crippen LogP contribution in [0.2, 0.25) is 5.02 Å². The minimum absolute atomic E-state index is 0.0116. The van der Waals surface area contributed by atoms with Gasteiger partial charge in [0.25, 0.3) is 5.91 Å². The number of sulfonamides is 1. The number of carbonyl (C=O) groups is 1. The van der Waals surface area contributed by atoms with Crippen LogP contribution in [0.3, 0.4) is 0 Å². The molecule has 27 heavy (non-hydrogen) atoms. The molecule has 1 fully saturated rings. The predicted octanol–water partition coefficient (Wildman–Crippen LogP) is 4.33. The number of amides is 1. The first-order valence-electron chi connectivity index (χ1n) is 9.12. The highest BCUT2D eigenvalue weighted by Crippen LogP contribution is 2.28. The lowest BCUT2D eigenvalue weighted by Crippen LogP contribution is -2.35. The van der Waals surface area contributed by atoms with Crippen molar-refractivity contribution in [3.8, 4) is 0 Å². The summed E-state index contributed by atoms with van der Waals surface area (Å²) in [4.78, 5) is 12.7. The summed E-state index contributed by atoms with van der Waals surface area (Å²) in [6.45, 7) is 2.98. The fraction of sp³-hybridized carbons (Fsp3) is 0.350. The molecule has 0 saturated carbocycles. The number of nitrogens with zero attached hydrogens (tertiary/aromatic N) is 1. The van der Waals surface area contributed by atoms with E-state index >= 15 is 0 Å². The van der Waals surface area contributed by atoms with Gasteiger partial charge in [0.05, 0.1) is 5.02 Å². The maximum atomic E-state index is 13.0. The highest BCUT2D eigenvalue weighted by molar-refractivity contribution is 7.89. The number of halogens is 1. The van der Waals surface area contributed by atoms with Crippen LogP contribution >= 0.6 is 11.6 Å². The van der Waals surface area contributed by atoms with Crippen molar-refractivity contribution in [2.75, 3.05) is 18.4 Å². The Morgan fingerprint density at radius 1 is 1.11 bits per heavy atom. The Balaban J connectivity index is 1.89. The molecule has 2 aromatic carbocycles. The summed E-state index contributed by atoms with van der Waals surface area (Å²) in [7, 11) is -3.71. The lowest BCUT2D eigenvalue weighted by Gasteiger charge is -2.26. The number of carbonyl (C=O) groups excluding carboxylic acids is 1. The van der Waals surface area contributed by atoms with Crippen LogP contribution in [-0.2, 0) is 16.4 Å². The second-order valence-electron chi connectivity index (χ2n) is 6.57. The highest BCUT2D eigenvalue weighted by atomic mass is 35.5. The second kappa shape index (κ2) is 8.42. The van der Waals surface area contributed by atoms with Gasteiger partial charge in [0.2, 0.25) is 10.0 Å². The molecule has 2 aromatic rings. The van der Waals surface area contributed by atoms with Crippen LogP contribution in [0.25, 0.3) is 0 Å². The summed E-state index contributed by atoms with van der Waals surface area (Å²) in [6.07, 6.45) is 3.49. The number of piperidine rings is 1. The van der Waals surface area contributed by atoms with E-state index in [4.69, 9.17) is 11.6 Å². The molecular weight excluding hydrogens is 384 g/mol. The molecule has 0 aromatic heterocycles. The lowest BCUT2D eigenvalue weighted by molar-refractivity contribution is 0.102. The third-order valence-corrected chi connectivity index (χ3v) is 7.15. The molecule has 0 unspecified atom stereocenters. The third kappa shape index (κ3) is 4.34. The van der Waals surface area contributed by atoms with Gasteiger partial charge in [0.1, 0.15) is 4.90 Å². The molecule has 1 heterocycles. The van der Waals surface area contributed by atoms with E-state index < -0.39 is 10.0 Å². The number of hydrogen-bond acceptors (Lipinski definition) is 3. The standard InChI is InChI=1S/C20H23ClN2O3S/c1-2-15-8-4-5-9-18(15)22-20(24)16-10-11-17(21)19(14-16)27(25,26)23-12-6-3-7-13-23/h4-5,8-11,14H,2-3,6-7,12-13H2,1H3,(H,22,24). The molecule has 1 aliphatic heterocycles. The van der Waals surface area contributed by atoms with Crippen LogP contribution in [0, 0.1) is 0 Å². The van der Waals surface area contributed by atoms with Crippen molar-refractivity contribution in [3.63, 3.8) is 0 Å². The number of nitrogens with one attached hydrogen (secondary N) is 1. The Hall–Kier alpha value is -1.89.